The summed E-state index contributed by atoms with van der Waals surface area (Å²) in [5.74, 6) is 1.79. The first-order chi connectivity index (χ1) is 9.83. The number of rotatable bonds is 4. The van der Waals surface area contributed by atoms with Gasteiger partial charge in [0.15, 0.2) is 0 Å². The smallest absolute Gasteiger partial charge is 0.142 e. The first kappa shape index (κ1) is 12.9. The Kier molecular flexibility index (Phi) is 3.56. The van der Waals surface area contributed by atoms with Crippen molar-refractivity contribution in [2.75, 3.05) is 20.8 Å². The summed E-state index contributed by atoms with van der Waals surface area (Å²) in [4.78, 5) is 4.47. The molecule has 1 atom stereocenters. The molecule has 0 saturated carbocycles. The Morgan fingerprint density at radius 1 is 1.35 bits per heavy atom. The molecule has 1 aromatic heterocycles. The molecule has 1 aliphatic rings. The van der Waals surface area contributed by atoms with Gasteiger partial charge in [-0.1, -0.05) is 12.1 Å². The minimum Gasteiger partial charge on any atom is -0.495 e. The Morgan fingerprint density at radius 3 is 3.05 bits per heavy atom. The molecule has 20 heavy (non-hydrogen) atoms. The van der Waals surface area contributed by atoms with E-state index in [4.69, 9.17) is 9.47 Å². The Hall–Kier alpha value is -2.07. The van der Waals surface area contributed by atoms with Gasteiger partial charge in [-0.2, -0.15) is 0 Å². The Bertz CT molecular complexity index is 613. The number of methoxy groups -OCH3 is 1. The highest BCUT2D eigenvalue weighted by Gasteiger charge is 2.20. The zero-order valence-electron chi connectivity index (χ0n) is 11.7. The number of ether oxygens (including phenoxy) is 2. The molecule has 0 spiro atoms. The van der Waals surface area contributed by atoms with Crippen LogP contribution in [0.5, 0.6) is 11.5 Å². The van der Waals surface area contributed by atoms with Crippen molar-refractivity contribution in [3.05, 3.63) is 53.3 Å². The van der Waals surface area contributed by atoms with Crippen LogP contribution in [0.25, 0.3) is 0 Å². The summed E-state index contributed by atoms with van der Waals surface area (Å²) in [6, 6.07) is 10.1. The van der Waals surface area contributed by atoms with E-state index in [0.717, 1.165) is 30.2 Å². The second-order valence-electron chi connectivity index (χ2n) is 4.78. The SMILES string of the molecule is CNC(c1ccc2c(c1)CCO2)c1ncccc1OC. The molecule has 3 rings (SSSR count). The molecule has 2 heterocycles. The average molecular weight is 270 g/mol. The molecule has 0 bridgehead atoms. The van der Waals surface area contributed by atoms with Crippen LogP contribution in [-0.2, 0) is 6.42 Å². The highest BCUT2D eigenvalue weighted by molar-refractivity contribution is 5.44. The Balaban J connectivity index is 2.01. The van der Waals surface area contributed by atoms with E-state index in [1.807, 2.05) is 25.2 Å². The van der Waals surface area contributed by atoms with Gasteiger partial charge in [-0.05, 0) is 36.4 Å². The number of hydrogen-bond donors (Lipinski definition) is 1. The largest absolute Gasteiger partial charge is 0.495 e. The van der Waals surface area contributed by atoms with Gasteiger partial charge in [0.1, 0.15) is 17.2 Å². The van der Waals surface area contributed by atoms with E-state index in [2.05, 4.69) is 22.4 Å². The molecular formula is C16H18N2O2. The molecule has 0 amide bonds. The molecule has 0 radical (unpaired) electrons. The van der Waals surface area contributed by atoms with E-state index in [-0.39, 0.29) is 6.04 Å². The van der Waals surface area contributed by atoms with Crippen molar-refractivity contribution in [3.63, 3.8) is 0 Å². The molecule has 0 aliphatic carbocycles. The predicted molar refractivity (Wildman–Crippen MR) is 77.3 cm³/mol. The monoisotopic (exact) mass is 270 g/mol. The van der Waals surface area contributed by atoms with Crippen molar-refractivity contribution in [3.8, 4) is 11.5 Å². The van der Waals surface area contributed by atoms with Gasteiger partial charge in [0.2, 0.25) is 0 Å². The van der Waals surface area contributed by atoms with Gasteiger partial charge in [0, 0.05) is 12.6 Å². The first-order valence-electron chi connectivity index (χ1n) is 6.75. The van der Waals surface area contributed by atoms with Crippen molar-refractivity contribution < 1.29 is 9.47 Å². The lowest BCUT2D eigenvalue weighted by molar-refractivity contribution is 0.356. The molecule has 1 N–H and O–H groups in total. The van der Waals surface area contributed by atoms with Crippen molar-refractivity contribution in [2.24, 2.45) is 0 Å². The molecule has 4 heteroatoms. The number of nitrogens with zero attached hydrogens (tertiary/aromatic N) is 1. The van der Waals surface area contributed by atoms with E-state index >= 15 is 0 Å². The van der Waals surface area contributed by atoms with Crippen LogP contribution in [0.3, 0.4) is 0 Å². The Morgan fingerprint density at radius 2 is 2.25 bits per heavy atom. The molecule has 104 valence electrons. The number of fused-ring (bicyclic) bond motifs is 1. The molecule has 0 fully saturated rings. The van der Waals surface area contributed by atoms with Crippen LogP contribution in [0, 0.1) is 0 Å². The standard InChI is InChI=1S/C16H18N2O2/c1-17-15(16-14(19-2)4-3-8-18-16)12-5-6-13-11(10-12)7-9-20-13/h3-6,8,10,15,17H,7,9H2,1-2H3. The Labute approximate surface area is 118 Å². The normalized spacial score (nSPS) is 14.5. The van der Waals surface area contributed by atoms with Crippen LogP contribution in [0.15, 0.2) is 36.5 Å². The minimum absolute atomic E-state index is 0.0112. The number of pyridine rings is 1. The molecule has 1 aliphatic heterocycles. The maximum absolute atomic E-state index is 5.56. The second-order valence-corrected chi connectivity index (χ2v) is 4.78. The predicted octanol–water partition coefficient (Wildman–Crippen LogP) is 2.33. The average Bonchev–Trinajstić information content (AvgIpc) is 2.96. The van der Waals surface area contributed by atoms with E-state index in [1.165, 1.54) is 11.1 Å². The van der Waals surface area contributed by atoms with E-state index < -0.39 is 0 Å². The van der Waals surface area contributed by atoms with Crippen LogP contribution < -0.4 is 14.8 Å². The summed E-state index contributed by atoms with van der Waals surface area (Å²) < 4.78 is 11.0. The maximum atomic E-state index is 5.56. The summed E-state index contributed by atoms with van der Waals surface area (Å²) in [5.41, 5.74) is 3.34. The lowest BCUT2D eigenvalue weighted by Gasteiger charge is -2.19. The molecule has 1 unspecified atom stereocenters. The third-order valence-corrected chi connectivity index (χ3v) is 3.63. The number of benzene rings is 1. The van der Waals surface area contributed by atoms with Crippen LogP contribution >= 0.6 is 0 Å². The highest BCUT2D eigenvalue weighted by Crippen LogP contribution is 2.32. The lowest BCUT2D eigenvalue weighted by Crippen LogP contribution is -2.19. The van der Waals surface area contributed by atoms with Gasteiger partial charge in [-0.25, -0.2) is 0 Å². The molecule has 4 nitrogen and oxygen atoms in total. The topological polar surface area (TPSA) is 43.4 Å². The number of aromatic nitrogens is 1. The first-order valence-corrected chi connectivity index (χ1v) is 6.75. The van der Waals surface area contributed by atoms with Gasteiger partial charge in [-0.15, -0.1) is 0 Å². The van der Waals surface area contributed by atoms with Crippen LogP contribution in [-0.4, -0.2) is 25.7 Å². The summed E-state index contributed by atoms with van der Waals surface area (Å²) >= 11 is 0. The van der Waals surface area contributed by atoms with Crippen LogP contribution in [0.2, 0.25) is 0 Å². The maximum Gasteiger partial charge on any atom is 0.142 e. The van der Waals surface area contributed by atoms with E-state index in [0.29, 0.717) is 0 Å². The van der Waals surface area contributed by atoms with Crippen LogP contribution in [0.1, 0.15) is 22.9 Å². The third kappa shape index (κ3) is 2.23. The fourth-order valence-corrected chi connectivity index (χ4v) is 2.64. The highest BCUT2D eigenvalue weighted by atomic mass is 16.5. The molecule has 2 aromatic rings. The second kappa shape index (κ2) is 5.51. The lowest BCUT2D eigenvalue weighted by atomic mass is 9.99. The number of hydrogen-bond acceptors (Lipinski definition) is 4. The zero-order valence-corrected chi connectivity index (χ0v) is 11.7. The van der Waals surface area contributed by atoms with E-state index in [1.54, 1.807) is 13.3 Å². The van der Waals surface area contributed by atoms with Crippen LogP contribution in [0.4, 0.5) is 0 Å². The minimum atomic E-state index is 0.0112. The fourth-order valence-electron chi connectivity index (χ4n) is 2.64. The molecular weight excluding hydrogens is 252 g/mol. The summed E-state index contributed by atoms with van der Waals surface area (Å²) in [6.45, 7) is 0.774. The summed E-state index contributed by atoms with van der Waals surface area (Å²) in [6.07, 6.45) is 2.76. The van der Waals surface area contributed by atoms with Gasteiger partial charge in [0.25, 0.3) is 0 Å². The van der Waals surface area contributed by atoms with Gasteiger partial charge in [0.05, 0.1) is 19.8 Å². The summed E-state index contributed by atoms with van der Waals surface area (Å²) in [5, 5.41) is 3.32. The van der Waals surface area contributed by atoms with Crippen molar-refractivity contribution in [2.45, 2.75) is 12.5 Å². The molecule has 1 aromatic carbocycles. The number of nitrogens with one attached hydrogen (secondary N) is 1. The van der Waals surface area contributed by atoms with Crippen molar-refractivity contribution in [1.82, 2.24) is 10.3 Å². The van der Waals surface area contributed by atoms with Gasteiger partial charge in [-0.3, -0.25) is 4.98 Å². The van der Waals surface area contributed by atoms with Crippen molar-refractivity contribution >= 4 is 0 Å². The van der Waals surface area contributed by atoms with E-state index in [9.17, 15) is 0 Å². The summed E-state index contributed by atoms with van der Waals surface area (Å²) in [7, 11) is 3.60. The van der Waals surface area contributed by atoms with Gasteiger partial charge < -0.3 is 14.8 Å². The fraction of sp³-hybridized carbons (Fsp3) is 0.312. The third-order valence-electron chi connectivity index (χ3n) is 3.63. The van der Waals surface area contributed by atoms with Gasteiger partial charge >= 0.3 is 0 Å². The quantitative estimate of drug-likeness (QED) is 0.926. The molecule has 0 saturated heterocycles. The van der Waals surface area contributed by atoms with Crippen molar-refractivity contribution in [1.29, 1.82) is 0 Å². The zero-order chi connectivity index (χ0) is 13.9.